The highest BCUT2D eigenvalue weighted by atomic mass is 31.1. The molecule has 6 heteroatoms. The number of carbonyl (C=O) groups excluding carboxylic acids is 1. The van der Waals surface area contributed by atoms with Crippen LogP contribution in [0.1, 0.15) is 118 Å². The van der Waals surface area contributed by atoms with Crippen molar-refractivity contribution in [3.8, 4) is 0 Å². The van der Waals surface area contributed by atoms with Gasteiger partial charge in [-0.3, -0.25) is 4.99 Å². The van der Waals surface area contributed by atoms with Crippen LogP contribution >= 0.6 is 8.20 Å². The smallest absolute Gasteiger partial charge is 0.365 e. The van der Waals surface area contributed by atoms with E-state index in [0.29, 0.717) is 31.9 Å². The molecule has 3 aromatic rings. The SMILES string of the molecule is Cc1cc(C)c(N=C(P=C=O)B2N(c3c(C(C)C)cccc3C(C)C)C=CN2c2c(C(C)C)cccc2C(C)C)c(C)c1. The molecule has 0 aromatic heterocycles. The molecule has 1 aliphatic heterocycles. The minimum absolute atomic E-state index is 0.322. The molecule has 0 fully saturated rings. The van der Waals surface area contributed by atoms with Gasteiger partial charge in [0.15, 0.2) is 5.66 Å². The number of aryl methyl sites for hydroxylation is 3. The first-order chi connectivity index (χ1) is 20.4. The van der Waals surface area contributed by atoms with Crippen LogP contribution in [0.2, 0.25) is 0 Å². The number of hydrogen-bond acceptors (Lipinski definition) is 4. The Morgan fingerprint density at radius 1 is 0.698 bits per heavy atom. The van der Waals surface area contributed by atoms with Crippen LogP contribution in [0.4, 0.5) is 17.1 Å². The van der Waals surface area contributed by atoms with E-state index < -0.39 is 0 Å². The van der Waals surface area contributed by atoms with Crippen molar-refractivity contribution in [3.05, 3.63) is 99.9 Å². The van der Waals surface area contributed by atoms with Crippen molar-refractivity contribution in [1.82, 2.24) is 0 Å². The van der Waals surface area contributed by atoms with Gasteiger partial charge in [-0.2, -0.15) is 0 Å². The fraction of sp³-hybridized carbons (Fsp3) is 0.405. The Morgan fingerprint density at radius 2 is 1.07 bits per heavy atom. The highest BCUT2D eigenvalue weighted by Crippen LogP contribution is 2.43. The molecule has 0 atom stereocenters. The van der Waals surface area contributed by atoms with Gasteiger partial charge in [-0.15, -0.1) is 0 Å². The van der Waals surface area contributed by atoms with Gasteiger partial charge in [0.2, 0.25) is 0 Å². The summed E-state index contributed by atoms with van der Waals surface area (Å²) in [5.74, 6) is 1.29. The molecular formula is C37H47BN3OP. The first-order valence-corrected chi connectivity index (χ1v) is 16.5. The van der Waals surface area contributed by atoms with E-state index in [2.05, 4.69) is 152 Å². The Balaban J connectivity index is 2.10. The lowest BCUT2D eigenvalue weighted by Crippen LogP contribution is -2.50. The minimum Gasteiger partial charge on any atom is -0.365 e. The molecule has 0 amide bonds. The third kappa shape index (κ3) is 6.59. The van der Waals surface area contributed by atoms with Gasteiger partial charge < -0.3 is 9.62 Å². The van der Waals surface area contributed by atoms with E-state index in [0.717, 1.165) is 22.2 Å². The van der Waals surface area contributed by atoms with Crippen molar-refractivity contribution < 1.29 is 4.79 Å². The Hall–Kier alpha value is -3.39. The molecule has 4 nitrogen and oxygen atoms in total. The van der Waals surface area contributed by atoms with Gasteiger partial charge in [0.1, 0.15) is 0 Å². The summed E-state index contributed by atoms with van der Waals surface area (Å²) in [7, 11) is 0.434. The number of nitrogens with zero attached hydrogens (tertiary/aromatic N) is 3. The quantitative estimate of drug-likeness (QED) is 0.141. The summed E-state index contributed by atoms with van der Waals surface area (Å²) in [5, 5.41) is 0.761. The number of benzene rings is 3. The summed E-state index contributed by atoms with van der Waals surface area (Å²) in [4.78, 5) is 22.4. The summed E-state index contributed by atoms with van der Waals surface area (Å²) in [5.41, 5.74) is 14.1. The predicted octanol–water partition coefficient (Wildman–Crippen LogP) is 10.7. The molecule has 0 N–H and O–H groups in total. The summed E-state index contributed by atoms with van der Waals surface area (Å²) >= 11 is 0. The molecular weight excluding hydrogens is 544 g/mol. The van der Waals surface area contributed by atoms with Gasteiger partial charge in [-0.05, 0) is 77.8 Å². The molecule has 0 radical (unpaired) electrons. The highest BCUT2D eigenvalue weighted by molar-refractivity contribution is 7.66. The van der Waals surface area contributed by atoms with Crippen LogP contribution in [0.5, 0.6) is 0 Å². The third-order valence-electron chi connectivity index (χ3n) is 8.37. The summed E-state index contributed by atoms with van der Waals surface area (Å²) in [6, 6.07) is 17.7. The van der Waals surface area contributed by atoms with Crippen LogP contribution in [0, 0.1) is 20.8 Å². The lowest BCUT2D eigenvalue weighted by Gasteiger charge is -2.35. The fourth-order valence-corrected chi connectivity index (χ4v) is 6.96. The predicted molar refractivity (Wildman–Crippen MR) is 189 cm³/mol. The van der Waals surface area contributed by atoms with Crippen molar-refractivity contribution >= 4 is 43.3 Å². The number of rotatable bonds is 9. The molecule has 0 saturated carbocycles. The zero-order valence-electron chi connectivity index (χ0n) is 27.9. The Labute approximate surface area is 261 Å². The summed E-state index contributed by atoms with van der Waals surface area (Å²) in [6.45, 7) is 24.0. The second-order valence-corrected chi connectivity index (χ2v) is 14.0. The second-order valence-electron chi connectivity index (χ2n) is 13.1. The van der Waals surface area contributed by atoms with Crippen LogP contribution in [0.25, 0.3) is 0 Å². The zero-order valence-corrected chi connectivity index (χ0v) is 28.8. The molecule has 0 bridgehead atoms. The molecule has 3 aromatic carbocycles. The number of anilines is 2. The minimum atomic E-state index is -0.335. The number of hydrogen-bond donors (Lipinski definition) is 0. The average Bonchev–Trinajstić information content (AvgIpc) is 3.37. The number of aliphatic imine (C=N–C) groups is 1. The van der Waals surface area contributed by atoms with Crippen molar-refractivity contribution in [1.29, 1.82) is 0 Å². The first-order valence-electron chi connectivity index (χ1n) is 15.6. The molecule has 0 saturated heterocycles. The summed E-state index contributed by atoms with van der Waals surface area (Å²) < 4.78 is 0. The van der Waals surface area contributed by atoms with Gasteiger partial charge >= 0.3 is 6.98 Å². The van der Waals surface area contributed by atoms with Crippen molar-refractivity contribution in [2.75, 3.05) is 9.62 Å². The van der Waals surface area contributed by atoms with Gasteiger partial charge in [-0.25, -0.2) is 4.79 Å². The van der Waals surface area contributed by atoms with Crippen LogP contribution < -0.4 is 9.62 Å². The molecule has 4 rings (SSSR count). The van der Waals surface area contributed by atoms with Gasteiger partial charge in [0.25, 0.3) is 0 Å². The molecule has 0 spiro atoms. The maximum Gasteiger partial charge on any atom is 0.445 e. The standard InChI is InChI=1S/C37H47BN3OP/c1-23(2)30-14-12-15-31(24(3)4)35(30)40-18-19-41(36-32(25(5)6)16-13-17-33(36)26(7)8)38(40)37(43-22-42)39-34-28(10)20-27(9)21-29(34)11/h12-21,23-26H,1-11H3. The van der Waals surface area contributed by atoms with E-state index in [1.807, 2.05) is 0 Å². The topological polar surface area (TPSA) is 35.9 Å². The van der Waals surface area contributed by atoms with E-state index in [1.54, 1.807) is 0 Å². The van der Waals surface area contributed by atoms with Gasteiger partial charge in [0, 0.05) is 32.0 Å². The zero-order chi connectivity index (χ0) is 31.6. The second kappa shape index (κ2) is 13.5. The van der Waals surface area contributed by atoms with E-state index in [-0.39, 0.29) is 6.98 Å². The molecule has 1 aliphatic rings. The van der Waals surface area contributed by atoms with Crippen molar-refractivity contribution in [2.24, 2.45) is 4.99 Å². The maximum absolute atomic E-state index is 12.3. The van der Waals surface area contributed by atoms with E-state index in [9.17, 15) is 4.79 Å². The van der Waals surface area contributed by atoms with Gasteiger partial charge in [0.05, 0.1) is 11.0 Å². The Morgan fingerprint density at radius 3 is 1.40 bits per heavy atom. The van der Waals surface area contributed by atoms with E-state index >= 15 is 0 Å². The average molecular weight is 592 g/mol. The van der Waals surface area contributed by atoms with E-state index in [1.165, 1.54) is 39.2 Å². The van der Waals surface area contributed by atoms with Crippen LogP contribution in [-0.2, 0) is 4.79 Å². The molecule has 43 heavy (non-hydrogen) atoms. The molecule has 224 valence electrons. The lowest BCUT2D eigenvalue weighted by atomic mass is 9.71. The van der Waals surface area contributed by atoms with Gasteiger partial charge in [-0.1, -0.05) is 109 Å². The number of para-hydroxylation sites is 2. The molecule has 0 unspecified atom stereocenters. The van der Waals surface area contributed by atoms with E-state index in [4.69, 9.17) is 4.99 Å². The Kier molecular flexibility index (Phi) is 10.2. The monoisotopic (exact) mass is 591 g/mol. The summed E-state index contributed by atoms with van der Waals surface area (Å²) in [6.07, 6.45) is 4.40. The molecule has 0 aliphatic carbocycles. The lowest BCUT2D eigenvalue weighted by molar-refractivity contribution is 0.572. The normalized spacial score (nSPS) is 13.9. The maximum atomic E-state index is 12.3. The highest BCUT2D eigenvalue weighted by Gasteiger charge is 2.43. The Bertz CT molecular complexity index is 1450. The molecule has 1 heterocycles. The third-order valence-corrected chi connectivity index (χ3v) is 9.02. The van der Waals surface area contributed by atoms with Crippen molar-refractivity contribution in [3.63, 3.8) is 0 Å². The van der Waals surface area contributed by atoms with Crippen LogP contribution in [0.15, 0.2) is 65.9 Å². The fourth-order valence-electron chi connectivity index (χ4n) is 6.35. The first kappa shape index (κ1) is 32.5. The van der Waals surface area contributed by atoms with Crippen LogP contribution in [0.3, 0.4) is 0 Å². The van der Waals surface area contributed by atoms with Crippen LogP contribution in [-0.4, -0.2) is 18.0 Å². The van der Waals surface area contributed by atoms with Crippen molar-refractivity contribution in [2.45, 2.75) is 99.8 Å². The largest absolute Gasteiger partial charge is 0.445 e.